The Morgan fingerprint density at radius 2 is 1.68 bits per heavy atom. The number of hydrogen-bond acceptors (Lipinski definition) is 4. The third-order valence-corrected chi connectivity index (χ3v) is 5.21. The number of morpholine rings is 1. The van der Waals surface area contributed by atoms with Gasteiger partial charge in [0.25, 0.3) is 0 Å². The zero-order valence-electron chi connectivity index (χ0n) is 15.4. The van der Waals surface area contributed by atoms with E-state index in [-0.39, 0.29) is 5.91 Å². The number of hydrogen-bond donors (Lipinski definition) is 2. The van der Waals surface area contributed by atoms with Crippen LogP contribution in [0.3, 0.4) is 0 Å². The molecule has 0 unspecified atom stereocenters. The van der Waals surface area contributed by atoms with E-state index in [1.807, 2.05) is 24.3 Å². The first kappa shape index (κ1) is 18.4. The van der Waals surface area contributed by atoms with Gasteiger partial charge in [0, 0.05) is 18.8 Å². The maximum absolute atomic E-state index is 13.4. The van der Waals surface area contributed by atoms with Crippen LogP contribution in [0.5, 0.6) is 0 Å². The first-order valence-electron chi connectivity index (χ1n) is 9.39. The summed E-state index contributed by atoms with van der Waals surface area (Å²) >= 11 is 0. The quantitative estimate of drug-likeness (QED) is 0.779. The minimum Gasteiger partial charge on any atom is -0.378 e. The highest BCUT2D eigenvalue weighted by atomic mass is 19.1. The lowest BCUT2D eigenvalue weighted by atomic mass is 10.0. The number of ether oxygens (including phenoxy) is 1. The summed E-state index contributed by atoms with van der Waals surface area (Å²) in [6.45, 7) is 2.78. The third-order valence-electron chi connectivity index (χ3n) is 5.21. The molecule has 2 N–H and O–H groups in total. The number of rotatable bonds is 5. The summed E-state index contributed by atoms with van der Waals surface area (Å²) in [5.41, 5.74) is 0.835. The molecule has 146 valence electrons. The number of halogens is 1. The minimum atomic E-state index is -1.11. The number of para-hydroxylation sites is 2. The van der Waals surface area contributed by atoms with Crippen molar-refractivity contribution in [1.29, 1.82) is 0 Å². The van der Waals surface area contributed by atoms with Crippen LogP contribution in [0, 0.1) is 11.2 Å². The van der Waals surface area contributed by atoms with Crippen LogP contribution in [-0.4, -0.2) is 38.1 Å². The van der Waals surface area contributed by atoms with Crippen molar-refractivity contribution >= 4 is 28.9 Å². The van der Waals surface area contributed by atoms with Crippen molar-refractivity contribution in [3.8, 4) is 0 Å². The molecule has 2 aromatic carbocycles. The number of nitrogens with zero attached hydrogens (tertiary/aromatic N) is 1. The van der Waals surface area contributed by atoms with Gasteiger partial charge in [-0.2, -0.15) is 0 Å². The highest BCUT2D eigenvalue weighted by molar-refractivity contribution is 6.17. The fraction of sp³-hybridized carbons (Fsp3) is 0.333. The van der Waals surface area contributed by atoms with Gasteiger partial charge >= 0.3 is 0 Å². The van der Waals surface area contributed by atoms with E-state index in [0.717, 1.165) is 18.8 Å². The SMILES string of the molecule is O=C(Nc1cccc(F)c1)C1(C(=O)Nc2ccccc2N2CCOCC2)CC1. The molecule has 0 atom stereocenters. The van der Waals surface area contributed by atoms with Gasteiger partial charge < -0.3 is 20.3 Å². The second kappa shape index (κ2) is 7.59. The second-order valence-electron chi connectivity index (χ2n) is 7.12. The minimum absolute atomic E-state index is 0.331. The Balaban J connectivity index is 1.48. The van der Waals surface area contributed by atoms with Gasteiger partial charge in [-0.3, -0.25) is 9.59 Å². The second-order valence-corrected chi connectivity index (χ2v) is 7.12. The predicted molar refractivity (Wildman–Crippen MR) is 105 cm³/mol. The lowest BCUT2D eigenvalue weighted by Gasteiger charge is -2.30. The monoisotopic (exact) mass is 383 g/mol. The molecule has 1 aliphatic heterocycles. The molecule has 7 heteroatoms. The highest BCUT2D eigenvalue weighted by Gasteiger charge is 2.56. The maximum Gasteiger partial charge on any atom is 0.240 e. The molecular weight excluding hydrogens is 361 g/mol. The highest BCUT2D eigenvalue weighted by Crippen LogP contribution is 2.48. The van der Waals surface area contributed by atoms with Crippen LogP contribution in [0.15, 0.2) is 48.5 Å². The normalized spacial score (nSPS) is 17.7. The van der Waals surface area contributed by atoms with Crippen LogP contribution >= 0.6 is 0 Å². The standard InChI is InChI=1S/C21H22FN3O3/c22-15-4-3-5-16(14-15)23-19(26)21(8-9-21)20(27)24-17-6-1-2-7-18(17)25-10-12-28-13-11-25/h1-7,14H,8-13H2,(H,23,26)(H,24,27). The molecule has 4 rings (SSSR count). The van der Waals surface area contributed by atoms with Crippen LogP contribution in [0.25, 0.3) is 0 Å². The van der Waals surface area contributed by atoms with E-state index in [2.05, 4.69) is 15.5 Å². The maximum atomic E-state index is 13.4. The van der Waals surface area contributed by atoms with Crippen molar-refractivity contribution in [3.05, 3.63) is 54.3 Å². The van der Waals surface area contributed by atoms with Crippen LogP contribution in [-0.2, 0) is 14.3 Å². The van der Waals surface area contributed by atoms with Gasteiger partial charge in [-0.1, -0.05) is 18.2 Å². The summed E-state index contributed by atoms with van der Waals surface area (Å²) < 4.78 is 18.7. The Morgan fingerprint density at radius 3 is 2.39 bits per heavy atom. The Kier molecular flexibility index (Phi) is 5.00. The first-order chi connectivity index (χ1) is 13.6. The van der Waals surface area contributed by atoms with Crippen molar-refractivity contribution in [2.24, 2.45) is 5.41 Å². The van der Waals surface area contributed by atoms with E-state index in [1.54, 1.807) is 6.07 Å². The average Bonchev–Trinajstić information content (AvgIpc) is 3.51. The topological polar surface area (TPSA) is 70.7 Å². The number of nitrogens with one attached hydrogen (secondary N) is 2. The first-order valence-corrected chi connectivity index (χ1v) is 9.39. The summed E-state index contributed by atoms with van der Waals surface area (Å²) in [7, 11) is 0. The molecule has 28 heavy (non-hydrogen) atoms. The Labute approximate surface area is 162 Å². The molecule has 1 aliphatic carbocycles. The Hall–Kier alpha value is -2.93. The summed E-state index contributed by atoms with van der Waals surface area (Å²) in [4.78, 5) is 27.8. The lowest BCUT2D eigenvalue weighted by molar-refractivity contribution is -0.131. The molecule has 1 saturated carbocycles. The number of amides is 2. The van der Waals surface area contributed by atoms with Crippen molar-refractivity contribution in [2.75, 3.05) is 41.8 Å². The van der Waals surface area contributed by atoms with Crippen molar-refractivity contribution in [3.63, 3.8) is 0 Å². The summed E-state index contributed by atoms with van der Waals surface area (Å²) in [5.74, 6) is -1.17. The van der Waals surface area contributed by atoms with E-state index in [9.17, 15) is 14.0 Å². The molecule has 2 amide bonds. The molecule has 2 aromatic rings. The van der Waals surface area contributed by atoms with E-state index in [0.29, 0.717) is 37.4 Å². The largest absolute Gasteiger partial charge is 0.378 e. The number of anilines is 3. The van der Waals surface area contributed by atoms with Gasteiger partial charge in [0.05, 0.1) is 24.6 Å². The Morgan fingerprint density at radius 1 is 0.964 bits per heavy atom. The molecule has 1 saturated heterocycles. The molecule has 2 aliphatic rings. The fourth-order valence-electron chi connectivity index (χ4n) is 3.40. The molecule has 6 nitrogen and oxygen atoms in total. The zero-order chi connectivity index (χ0) is 19.6. The van der Waals surface area contributed by atoms with Crippen LogP contribution in [0.2, 0.25) is 0 Å². The van der Waals surface area contributed by atoms with Crippen molar-refractivity contribution in [2.45, 2.75) is 12.8 Å². The van der Waals surface area contributed by atoms with E-state index >= 15 is 0 Å². The Bertz CT molecular complexity index is 892. The van der Waals surface area contributed by atoms with E-state index < -0.39 is 17.1 Å². The lowest BCUT2D eigenvalue weighted by Crippen LogP contribution is -2.38. The van der Waals surface area contributed by atoms with E-state index in [4.69, 9.17) is 4.74 Å². The average molecular weight is 383 g/mol. The molecule has 0 spiro atoms. The molecule has 0 radical (unpaired) electrons. The molecule has 2 fully saturated rings. The van der Waals surface area contributed by atoms with Crippen LogP contribution in [0.4, 0.5) is 21.5 Å². The molecule has 0 aromatic heterocycles. The van der Waals surface area contributed by atoms with Gasteiger partial charge in [0.15, 0.2) is 0 Å². The third kappa shape index (κ3) is 3.71. The fourth-order valence-corrected chi connectivity index (χ4v) is 3.40. The number of benzene rings is 2. The number of carbonyl (C=O) groups excluding carboxylic acids is 2. The van der Waals surface area contributed by atoms with Crippen molar-refractivity contribution < 1.29 is 18.7 Å². The number of carbonyl (C=O) groups is 2. The van der Waals surface area contributed by atoms with Gasteiger partial charge in [-0.25, -0.2) is 4.39 Å². The summed E-state index contributed by atoms with van der Waals surface area (Å²) in [6, 6.07) is 13.2. The summed E-state index contributed by atoms with van der Waals surface area (Å²) in [5, 5.41) is 5.60. The van der Waals surface area contributed by atoms with Crippen molar-refractivity contribution in [1.82, 2.24) is 0 Å². The predicted octanol–water partition coefficient (Wildman–Crippen LogP) is 3.02. The zero-order valence-corrected chi connectivity index (χ0v) is 15.4. The van der Waals surface area contributed by atoms with Crippen LogP contribution < -0.4 is 15.5 Å². The van der Waals surface area contributed by atoms with Gasteiger partial charge in [0.1, 0.15) is 11.2 Å². The van der Waals surface area contributed by atoms with Gasteiger partial charge in [-0.05, 0) is 43.2 Å². The van der Waals surface area contributed by atoms with Crippen LogP contribution in [0.1, 0.15) is 12.8 Å². The molecule has 0 bridgehead atoms. The molecular formula is C21H22FN3O3. The van der Waals surface area contributed by atoms with Gasteiger partial charge in [0.2, 0.25) is 11.8 Å². The van der Waals surface area contributed by atoms with E-state index in [1.165, 1.54) is 18.2 Å². The molecule has 1 heterocycles. The van der Waals surface area contributed by atoms with Gasteiger partial charge in [-0.15, -0.1) is 0 Å². The smallest absolute Gasteiger partial charge is 0.240 e. The summed E-state index contributed by atoms with van der Waals surface area (Å²) in [6.07, 6.45) is 0.944.